The van der Waals surface area contributed by atoms with Crippen LogP contribution in [-0.2, 0) is 14.3 Å². The van der Waals surface area contributed by atoms with E-state index in [0.717, 1.165) is 19.3 Å². The van der Waals surface area contributed by atoms with Crippen molar-refractivity contribution in [3.63, 3.8) is 0 Å². The van der Waals surface area contributed by atoms with E-state index in [4.69, 9.17) is 9.84 Å². The number of amides is 1. The number of carboxylic acids is 1. The Balaban J connectivity index is 1.89. The van der Waals surface area contributed by atoms with Crippen LogP contribution in [0.1, 0.15) is 39.0 Å². The molecule has 108 valence electrons. The average Bonchev–Trinajstić information content (AvgIpc) is 2.33. The maximum atomic E-state index is 12.3. The molecule has 2 atom stereocenters. The van der Waals surface area contributed by atoms with Gasteiger partial charge in [-0.25, -0.2) is 0 Å². The molecule has 0 aromatic carbocycles. The largest absolute Gasteiger partial charge is 0.481 e. The van der Waals surface area contributed by atoms with E-state index in [1.807, 2.05) is 11.8 Å². The van der Waals surface area contributed by atoms with Crippen LogP contribution in [0.25, 0.3) is 0 Å². The van der Waals surface area contributed by atoms with Gasteiger partial charge in [0.1, 0.15) is 0 Å². The number of methoxy groups -OCH3 is 1. The molecule has 2 rings (SSSR count). The van der Waals surface area contributed by atoms with Crippen molar-refractivity contribution >= 4 is 11.9 Å². The first-order chi connectivity index (χ1) is 8.97. The van der Waals surface area contributed by atoms with Gasteiger partial charge in [0, 0.05) is 20.2 Å². The summed E-state index contributed by atoms with van der Waals surface area (Å²) >= 11 is 0. The van der Waals surface area contributed by atoms with Crippen molar-refractivity contribution in [1.29, 1.82) is 0 Å². The SMILES string of the molecule is COC1(CC(=O)N2CCC(C(=O)O)C(C)C2)CCC1. The molecule has 0 radical (unpaired) electrons. The number of ether oxygens (including phenoxy) is 1. The Bertz CT molecular complexity index is 359. The molecule has 2 aliphatic rings. The van der Waals surface area contributed by atoms with Crippen LogP contribution in [0, 0.1) is 11.8 Å². The summed E-state index contributed by atoms with van der Waals surface area (Å²) in [7, 11) is 1.67. The van der Waals surface area contributed by atoms with Crippen molar-refractivity contribution in [3.05, 3.63) is 0 Å². The molecule has 2 unspecified atom stereocenters. The van der Waals surface area contributed by atoms with E-state index >= 15 is 0 Å². The molecule has 1 aliphatic carbocycles. The maximum Gasteiger partial charge on any atom is 0.306 e. The molecule has 5 heteroatoms. The lowest BCUT2D eigenvalue weighted by Crippen LogP contribution is -2.49. The molecule has 2 fully saturated rings. The number of carboxylic acid groups (broad SMARTS) is 1. The Labute approximate surface area is 113 Å². The Kier molecular flexibility index (Phi) is 4.13. The molecule has 5 nitrogen and oxygen atoms in total. The lowest BCUT2D eigenvalue weighted by molar-refractivity contribution is -0.152. The third kappa shape index (κ3) is 2.91. The molecule has 1 heterocycles. The highest BCUT2D eigenvalue weighted by Gasteiger charge is 2.41. The zero-order valence-electron chi connectivity index (χ0n) is 11.7. The van der Waals surface area contributed by atoms with E-state index in [9.17, 15) is 9.59 Å². The highest BCUT2D eigenvalue weighted by atomic mass is 16.5. The molecular formula is C14H23NO4. The van der Waals surface area contributed by atoms with Gasteiger partial charge in [-0.05, 0) is 31.6 Å². The number of piperidine rings is 1. The fourth-order valence-corrected chi connectivity index (χ4v) is 3.15. The quantitative estimate of drug-likeness (QED) is 0.840. The van der Waals surface area contributed by atoms with Crippen LogP contribution < -0.4 is 0 Å². The van der Waals surface area contributed by atoms with Crippen LogP contribution in [0.15, 0.2) is 0 Å². The van der Waals surface area contributed by atoms with Crippen LogP contribution in [0.2, 0.25) is 0 Å². The van der Waals surface area contributed by atoms with Gasteiger partial charge < -0.3 is 14.7 Å². The summed E-state index contributed by atoms with van der Waals surface area (Å²) in [6, 6.07) is 0. The standard InChI is InChI=1S/C14H23NO4/c1-10-9-15(7-4-11(10)13(17)18)12(16)8-14(19-2)5-3-6-14/h10-11H,3-9H2,1-2H3,(H,17,18). The summed E-state index contributed by atoms with van der Waals surface area (Å²) in [5.41, 5.74) is -0.246. The Morgan fingerprint density at radius 1 is 1.42 bits per heavy atom. The molecule has 0 aromatic rings. The minimum Gasteiger partial charge on any atom is -0.481 e. The molecule has 19 heavy (non-hydrogen) atoms. The van der Waals surface area contributed by atoms with Gasteiger partial charge in [0.2, 0.25) is 5.91 Å². The van der Waals surface area contributed by atoms with Gasteiger partial charge in [-0.1, -0.05) is 6.92 Å². The minimum atomic E-state index is -0.744. The first-order valence-electron chi connectivity index (χ1n) is 7.03. The Morgan fingerprint density at radius 3 is 2.53 bits per heavy atom. The molecular weight excluding hydrogens is 246 g/mol. The van der Waals surface area contributed by atoms with Gasteiger partial charge in [0.05, 0.1) is 17.9 Å². The summed E-state index contributed by atoms with van der Waals surface area (Å²) in [5, 5.41) is 9.08. The number of rotatable bonds is 4. The third-order valence-corrected chi connectivity index (χ3v) is 4.75. The van der Waals surface area contributed by atoms with E-state index in [1.54, 1.807) is 7.11 Å². The van der Waals surface area contributed by atoms with E-state index in [1.165, 1.54) is 0 Å². The summed E-state index contributed by atoms with van der Waals surface area (Å²) in [6.07, 6.45) is 4.03. The summed E-state index contributed by atoms with van der Waals surface area (Å²) in [4.78, 5) is 25.1. The van der Waals surface area contributed by atoms with Crippen molar-refractivity contribution in [2.75, 3.05) is 20.2 Å². The summed E-state index contributed by atoms with van der Waals surface area (Å²) in [6.45, 7) is 3.02. The smallest absolute Gasteiger partial charge is 0.306 e. The van der Waals surface area contributed by atoms with E-state index in [2.05, 4.69) is 0 Å². The van der Waals surface area contributed by atoms with Crippen molar-refractivity contribution in [3.8, 4) is 0 Å². The average molecular weight is 269 g/mol. The second-order valence-corrected chi connectivity index (χ2v) is 5.97. The van der Waals surface area contributed by atoms with E-state index < -0.39 is 5.97 Å². The second kappa shape index (κ2) is 5.49. The first-order valence-corrected chi connectivity index (χ1v) is 7.03. The highest BCUT2D eigenvalue weighted by Crippen LogP contribution is 2.38. The van der Waals surface area contributed by atoms with Crippen LogP contribution >= 0.6 is 0 Å². The number of hydrogen-bond acceptors (Lipinski definition) is 3. The fourth-order valence-electron chi connectivity index (χ4n) is 3.15. The monoisotopic (exact) mass is 269 g/mol. The summed E-state index contributed by atoms with van der Waals surface area (Å²) < 4.78 is 5.48. The summed E-state index contributed by atoms with van der Waals surface area (Å²) in [5.74, 6) is -0.927. The third-order valence-electron chi connectivity index (χ3n) is 4.75. The van der Waals surface area contributed by atoms with Crippen molar-refractivity contribution in [2.24, 2.45) is 11.8 Å². The van der Waals surface area contributed by atoms with E-state index in [-0.39, 0.29) is 23.3 Å². The number of carbonyl (C=O) groups is 2. The topological polar surface area (TPSA) is 66.8 Å². The van der Waals surface area contributed by atoms with Crippen LogP contribution in [0.4, 0.5) is 0 Å². The second-order valence-electron chi connectivity index (χ2n) is 5.97. The molecule has 0 spiro atoms. The molecule has 0 bridgehead atoms. The molecule has 1 saturated carbocycles. The molecule has 1 amide bonds. The predicted molar refractivity (Wildman–Crippen MR) is 69.7 cm³/mol. The number of hydrogen-bond donors (Lipinski definition) is 1. The maximum absolute atomic E-state index is 12.3. The molecule has 1 aliphatic heterocycles. The van der Waals surface area contributed by atoms with Gasteiger partial charge in [-0.2, -0.15) is 0 Å². The van der Waals surface area contributed by atoms with Crippen molar-refractivity contribution in [2.45, 2.75) is 44.6 Å². The zero-order chi connectivity index (χ0) is 14.0. The number of likely N-dealkylation sites (tertiary alicyclic amines) is 1. The fraction of sp³-hybridized carbons (Fsp3) is 0.857. The van der Waals surface area contributed by atoms with E-state index in [0.29, 0.717) is 25.9 Å². The zero-order valence-corrected chi connectivity index (χ0v) is 11.7. The van der Waals surface area contributed by atoms with Gasteiger partial charge in [0.25, 0.3) is 0 Å². The van der Waals surface area contributed by atoms with Gasteiger partial charge >= 0.3 is 5.97 Å². The number of nitrogens with zero attached hydrogens (tertiary/aromatic N) is 1. The predicted octanol–water partition coefficient (Wildman–Crippen LogP) is 1.51. The highest BCUT2D eigenvalue weighted by molar-refractivity contribution is 5.78. The Hall–Kier alpha value is -1.10. The molecule has 1 N–H and O–H groups in total. The van der Waals surface area contributed by atoms with Gasteiger partial charge in [-0.15, -0.1) is 0 Å². The number of aliphatic carboxylic acids is 1. The molecule has 1 saturated heterocycles. The van der Waals surface area contributed by atoms with Gasteiger partial charge in [0.15, 0.2) is 0 Å². The number of carbonyl (C=O) groups excluding carboxylic acids is 1. The van der Waals surface area contributed by atoms with Crippen LogP contribution in [0.3, 0.4) is 0 Å². The minimum absolute atomic E-state index is 0.0232. The lowest BCUT2D eigenvalue weighted by atomic mass is 9.77. The first kappa shape index (κ1) is 14.3. The molecule has 0 aromatic heterocycles. The van der Waals surface area contributed by atoms with Crippen LogP contribution in [0.5, 0.6) is 0 Å². The Morgan fingerprint density at radius 2 is 2.11 bits per heavy atom. The van der Waals surface area contributed by atoms with Crippen LogP contribution in [-0.4, -0.2) is 47.7 Å². The van der Waals surface area contributed by atoms with Crippen molar-refractivity contribution < 1.29 is 19.4 Å². The lowest BCUT2D eigenvalue weighted by Gasteiger charge is -2.42. The van der Waals surface area contributed by atoms with Crippen molar-refractivity contribution in [1.82, 2.24) is 4.90 Å². The van der Waals surface area contributed by atoms with Gasteiger partial charge in [-0.3, -0.25) is 9.59 Å². The normalized spacial score (nSPS) is 29.7.